The number of fused-ring (bicyclic) bond motifs is 3. The summed E-state index contributed by atoms with van der Waals surface area (Å²) >= 11 is 1.46. The summed E-state index contributed by atoms with van der Waals surface area (Å²) in [7, 11) is 0. The summed E-state index contributed by atoms with van der Waals surface area (Å²) in [4.78, 5) is 39.8. The van der Waals surface area contributed by atoms with Gasteiger partial charge in [0.15, 0.2) is 0 Å². The van der Waals surface area contributed by atoms with Gasteiger partial charge in [0.05, 0.1) is 11.0 Å². The van der Waals surface area contributed by atoms with Gasteiger partial charge in [0, 0.05) is 17.5 Å². The van der Waals surface area contributed by atoms with E-state index >= 15 is 0 Å². The van der Waals surface area contributed by atoms with Crippen LogP contribution in [0.5, 0.6) is 0 Å². The molecule has 0 radical (unpaired) electrons. The summed E-state index contributed by atoms with van der Waals surface area (Å²) < 4.78 is 8.48. The molecule has 7 nitrogen and oxygen atoms in total. The Morgan fingerprint density at radius 3 is 2.81 bits per heavy atom. The number of rotatable bonds is 3. The maximum Gasteiger partial charge on any atom is 0.332 e. The number of thiophene rings is 1. The summed E-state index contributed by atoms with van der Waals surface area (Å²) in [5, 5.41) is 0.604. The highest BCUT2D eigenvalue weighted by Crippen LogP contribution is 2.36. The van der Waals surface area contributed by atoms with Crippen molar-refractivity contribution in [2.24, 2.45) is 5.73 Å². The number of aryl methyl sites for hydroxylation is 2. The molecule has 26 heavy (non-hydrogen) atoms. The first kappa shape index (κ1) is 17.5. The Bertz CT molecular complexity index is 1010. The van der Waals surface area contributed by atoms with Gasteiger partial charge in [-0.3, -0.25) is 18.7 Å². The fraction of sp³-hybridized carbons (Fsp3) is 0.611. The van der Waals surface area contributed by atoms with Crippen molar-refractivity contribution < 1.29 is 9.53 Å². The lowest BCUT2D eigenvalue weighted by Gasteiger charge is -2.36. The maximum absolute atomic E-state index is 13.3. The second kappa shape index (κ2) is 6.06. The van der Waals surface area contributed by atoms with Crippen molar-refractivity contribution in [3.8, 4) is 0 Å². The molecule has 0 aromatic carbocycles. The molecule has 8 heteroatoms. The third-order valence-electron chi connectivity index (χ3n) is 5.37. The van der Waals surface area contributed by atoms with Gasteiger partial charge in [-0.2, -0.15) is 0 Å². The average Bonchev–Trinajstić information content (AvgIpc) is 3.11. The van der Waals surface area contributed by atoms with Crippen molar-refractivity contribution in [3.63, 3.8) is 0 Å². The molecule has 2 aromatic rings. The smallest absolute Gasteiger partial charge is 0.332 e. The zero-order valence-electron chi connectivity index (χ0n) is 15.0. The van der Waals surface area contributed by atoms with Gasteiger partial charge in [-0.1, -0.05) is 0 Å². The minimum Gasteiger partial charge on any atom is -0.375 e. The first-order valence-corrected chi connectivity index (χ1v) is 9.82. The Morgan fingerprint density at radius 1 is 1.35 bits per heavy atom. The number of hydrogen-bond acceptors (Lipinski definition) is 5. The van der Waals surface area contributed by atoms with E-state index in [2.05, 4.69) is 0 Å². The fourth-order valence-corrected chi connectivity index (χ4v) is 5.63. The van der Waals surface area contributed by atoms with Crippen molar-refractivity contribution in [2.75, 3.05) is 6.61 Å². The van der Waals surface area contributed by atoms with Gasteiger partial charge in [0.25, 0.3) is 5.56 Å². The van der Waals surface area contributed by atoms with Crippen molar-refractivity contribution in [2.45, 2.75) is 64.1 Å². The SMILES string of the molecule is CC1(C)CC(n2c(=O)c3c4c(sc3n(CC(N)=O)c2=O)CCC4)CCO1. The van der Waals surface area contributed by atoms with E-state index < -0.39 is 17.2 Å². The van der Waals surface area contributed by atoms with Gasteiger partial charge in [-0.25, -0.2) is 4.79 Å². The van der Waals surface area contributed by atoms with Crippen LogP contribution in [-0.2, 0) is 28.9 Å². The van der Waals surface area contributed by atoms with Crippen LogP contribution in [0, 0.1) is 0 Å². The molecule has 0 spiro atoms. The number of aromatic nitrogens is 2. The van der Waals surface area contributed by atoms with E-state index in [9.17, 15) is 14.4 Å². The van der Waals surface area contributed by atoms with Crippen LogP contribution in [0.25, 0.3) is 10.2 Å². The molecule has 1 atom stereocenters. The lowest BCUT2D eigenvalue weighted by Crippen LogP contribution is -2.47. The highest BCUT2D eigenvalue weighted by Gasteiger charge is 2.33. The van der Waals surface area contributed by atoms with E-state index in [-0.39, 0.29) is 18.1 Å². The van der Waals surface area contributed by atoms with Gasteiger partial charge < -0.3 is 10.5 Å². The molecular formula is C18H23N3O4S. The van der Waals surface area contributed by atoms with Gasteiger partial charge in [0.2, 0.25) is 5.91 Å². The van der Waals surface area contributed by atoms with Crippen LogP contribution >= 0.6 is 11.3 Å². The molecule has 3 heterocycles. The molecule has 1 unspecified atom stereocenters. The van der Waals surface area contributed by atoms with Crippen molar-refractivity contribution in [1.29, 1.82) is 0 Å². The van der Waals surface area contributed by atoms with Crippen LogP contribution < -0.4 is 17.0 Å². The largest absolute Gasteiger partial charge is 0.375 e. The minimum atomic E-state index is -0.584. The molecule has 1 saturated heterocycles. The summed E-state index contributed by atoms with van der Waals surface area (Å²) in [6.45, 7) is 4.22. The fourth-order valence-electron chi connectivity index (χ4n) is 4.26. The summed E-state index contributed by atoms with van der Waals surface area (Å²) in [6, 6.07) is -0.237. The van der Waals surface area contributed by atoms with E-state index in [1.165, 1.54) is 20.5 Å². The number of ether oxygens (including phenoxy) is 1. The molecule has 140 valence electrons. The van der Waals surface area contributed by atoms with Crippen molar-refractivity contribution in [1.82, 2.24) is 9.13 Å². The molecule has 4 rings (SSSR count). The molecule has 2 N–H and O–H groups in total. The van der Waals surface area contributed by atoms with Crippen molar-refractivity contribution >= 4 is 27.5 Å². The molecule has 1 aliphatic heterocycles. The zero-order chi connectivity index (χ0) is 18.6. The first-order chi connectivity index (χ1) is 12.3. The average molecular weight is 377 g/mol. The predicted octanol–water partition coefficient (Wildman–Crippen LogP) is 1.33. The van der Waals surface area contributed by atoms with Crippen LogP contribution in [-0.4, -0.2) is 27.2 Å². The van der Waals surface area contributed by atoms with Crippen molar-refractivity contribution in [3.05, 3.63) is 31.3 Å². The Labute approximate surface area is 154 Å². The van der Waals surface area contributed by atoms with Crippen LogP contribution in [0.15, 0.2) is 9.59 Å². The Balaban J connectivity index is 1.99. The molecule has 2 aliphatic rings. The number of amides is 1. The molecule has 1 aliphatic carbocycles. The van der Waals surface area contributed by atoms with E-state index in [0.29, 0.717) is 29.7 Å². The third-order valence-corrected chi connectivity index (χ3v) is 6.68. The number of primary amides is 1. The van der Waals surface area contributed by atoms with Gasteiger partial charge in [0.1, 0.15) is 11.4 Å². The van der Waals surface area contributed by atoms with E-state index in [0.717, 1.165) is 29.7 Å². The molecule has 0 bridgehead atoms. The zero-order valence-corrected chi connectivity index (χ0v) is 15.9. The molecule has 0 saturated carbocycles. The Morgan fingerprint density at radius 2 is 2.12 bits per heavy atom. The second-order valence-electron chi connectivity index (χ2n) is 7.80. The van der Waals surface area contributed by atoms with E-state index in [1.54, 1.807) is 0 Å². The number of carbonyl (C=O) groups excluding carboxylic acids is 1. The minimum absolute atomic E-state index is 0.207. The van der Waals surface area contributed by atoms with Crippen LogP contribution in [0.1, 0.15) is 49.6 Å². The summed E-state index contributed by atoms with van der Waals surface area (Å²) in [6.07, 6.45) is 3.97. The lowest BCUT2D eigenvalue weighted by atomic mass is 9.93. The highest BCUT2D eigenvalue weighted by atomic mass is 32.1. The van der Waals surface area contributed by atoms with Gasteiger partial charge >= 0.3 is 5.69 Å². The van der Waals surface area contributed by atoms with Gasteiger partial charge in [-0.15, -0.1) is 11.3 Å². The summed E-state index contributed by atoms with van der Waals surface area (Å²) in [5.74, 6) is -0.584. The molecule has 1 fully saturated rings. The Hall–Kier alpha value is -1.93. The third kappa shape index (κ3) is 2.72. The van der Waals surface area contributed by atoms with Crippen LogP contribution in [0.2, 0.25) is 0 Å². The number of nitrogens with two attached hydrogens (primary N) is 1. The topological polar surface area (TPSA) is 96.3 Å². The molecule has 2 aromatic heterocycles. The highest BCUT2D eigenvalue weighted by molar-refractivity contribution is 7.19. The number of carbonyl (C=O) groups is 1. The van der Waals surface area contributed by atoms with E-state index in [4.69, 9.17) is 10.5 Å². The summed E-state index contributed by atoms with van der Waals surface area (Å²) in [5.41, 5.74) is 5.37. The lowest BCUT2D eigenvalue weighted by molar-refractivity contribution is -0.118. The standard InChI is InChI=1S/C18H23N3O4S/c1-18(2)8-10(6-7-25-18)21-15(23)14-11-4-3-5-12(11)26-16(14)20(17(21)24)9-13(19)22/h10H,3-9H2,1-2H3,(H2,19,22). The number of nitrogens with zero attached hydrogens (tertiary/aromatic N) is 2. The predicted molar refractivity (Wildman–Crippen MR) is 99.9 cm³/mol. The first-order valence-electron chi connectivity index (χ1n) is 9.00. The van der Waals surface area contributed by atoms with Crippen LogP contribution in [0.3, 0.4) is 0 Å². The molecule has 1 amide bonds. The quantitative estimate of drug-likeness (QED) is 0.873. The normalized spacial score (nSPS) is 21.8. The molecular weight excluding hydrogens is 354 g/mol. The van der Waals surface area contributed by atoms with Gasteiger partial charge in [-0.05, 0) is 51.5 Å². The maximum atomic E-state index is 13.3. The second-order valence-corrected chi connectivity index (χ2v) is 8.89. The monoisotopic (exact) mass is 377 g/mol. The van der Waals surface area contributed by atoms with E-state index in [1.807, 2.05) is 13.8 Å². The number of hydrogen-bond donors (Lipinski definition) is 1. The van der Waals surface area contributed by atoms with Crippen LogP contribution in [0.4, 0.5) is 0 Å². The Kier molecular flexibility index (Phi) is 4.07.